The predicted octanol–water partition coefficient (Wildman–Crippen LogP) is -0.599. The number of nitrogens with one attached hydrogen (secondary N) is 1. The summed E-state index contributed by atoms with van der Waals surface area (Å²) in [7, 11) is -4.79. The lowest BCUT2D eigenvalue weighted by atomic mass is 10.4. The zero-order chi connectivity index (χ0) is 29.4. The molecule has 39 heavy (non-hydrogen) atoms. The van der Waals surface area contributed by atoms with E-state index in [9.17, 15) is 33.4 Å². The second-order valence-corrected chi connectivity index (χ2v) is 11.6. The van der Waals surface area contributed by atoms with Crippen molar-refractivity contribution in [3.63, 3.8) is 0 Å². The summed E-state index contributed by atoms with van der Waals surface area (Å²) in [5.41, 5.74) is 0. The number of phosphoric ester groups is 1. The summed E-state index contributed by atoms with van der Waals surface area (Å²) in [5.74, 6) is -2.33. The molecule has 0 aromatic carbocycles. The minimum Gasteiger partial charge on any atom is -0.756 e. The number of rotatable bonds is 20. The Kier molecular flexibility index (Phi) is 16.4. The zero-order valence-corrected chi connectivity index (χ0v) is 24.1. The molecule has 0 aromatic rings. The molecule has 1 fully saturated rings. The van der Waals surface area contributed by atoms with Gasteiger partial charge in [-0.1, -0.05) is 13.8 Å². The molecule has 1 rings (SSSR count). The molecule has 0 aliphatic carbocycles. The number of carbonyl (C=O) groups is 5. The fourth-order valence-electron chi connectivity index (χ4n) is 3.03. The fraction of sp³-hybridized carbons (Fsp3) is 0.773. The van der Waals surface area contributed by atoms with Gasteiger partial charge in [-0.15, -0.1) is 11.8 Å². The van der Waals surface area contributed by atoms with Crippen LogP contribution >= 0.6 is 19.6 Å². The molecule has 1 N–H and O–H groups in total. The van der Waals surface area contributed by atoms with Gasteiger partial charge in [0, 0.05) is 26.8 Å². The third-order valence-electron chi connectivity index (χ3n) is 4.60. The topological polar surface area (TPSA) is 196 Å². The van der Waals surface area contributed by atoms with Crippen molar-refractivity contribution in [3.8, 4) is 0 Å². The summed E-state index contributed by atoms with van der Waals surface area (Å²) < 4.78 is 41.0. The van der Waals surface area contributed by atoms with E-state index in [1.807, 2.05) is 13.8 Å². The largest absolute Gasteiger partial charge is 0.756 e. The molecule has 1 aliphatic rings. The van der Waals surface area contributed by atoms with Crippen LogP contribution in [0.25, 0.3) is 0 Å². The molecule has 3 atom stereocenters. The van der Waals surface area contributed by atoms with Crippen molar-refractivity contribution in [3.05, 3.63) is 0 Å². The molecule has 0 spiro atoms. The molecule has 3 amide bonds. The van der Waals surface area contributed by atoms with Crippen LogP contribution in [0.5, 0.6) is 0 Å². The maximum atomic E-state index is 12.3. The van der Waals surface area contributed by atoms with Gasteiger partial charge in [0.1, 0.15) is 13.2 Å². The van der Waals surface area contributed by atoms with Crippen molar-refractivity contribution in [1.29, 1.82) is 0 Å². The Morgan fingerprint density at radius 2 is 1.74 bits per heavy atom. The number of carbonyl (C=O) groups excluding carboxylic acids is 5. The van der Waals surface area contributed by atoms with Crippen molar-refractivity contribution in [2.24, 2.45) is 0 Å². The number of amides is 3. The van der Waals surface area contributed by atoms with Gasteiger partial charge in [-0.2, -0.15) is 0 Å². The molecule has 17 heteroatoms. The molecule has 15 nitrogen and oxygen atoms in total. The van der Waals surface area contributed by atoms with Crippen LogP contribution in [0.3, 0.4) is 0 Å². The van der Waals surface area contributed by atoms with Crippen molar-refractivity contribution < 1.29 is 61.4 Å². The van der Waals surface area contributed by atoms with Gasteiger partial charge in [0.2, 0.25) is 17.7 Å². The minimum atomic E-state index is -4.79. The van der Waals surface area contributed by atoms with Gasteiger partial charge in [-0.25, -0.2) is 0 Å². The average Bonchev–Trinajstić information content (AvgIpc) is 3.09. The van der Waals surface area contributed by atoms with E-state index in [1.54, 1.807) is 0 Å². The smallest absolute Gasteiger partial charge is 0.303 e. The Morgan fingerprint density at radius 1 is 1.05 bits per heavy atom. The Balaban J connectivity index is 2.13. The number of imide groups is 1. The van der Waals surface area contributed by atoms with Gasteiger partial charge >= 0.3 is 11.9 Å². The van der Waals surface area contributed by atoms with Gasteiger partial charge in [0.25, 0.3) is 7.82 Å². The minimum absolute atomic E-state index is 0.0814. The third-order valence-corrected chi connectivity index (χ3v) is 6.81. The number of esters is 2. The molecule has 1 saturated heterocycles. The standard InChI is InChI=1S/C22H37N2O13PS/c1-15(2)39-19-11-21(28)24(22(19)29)6-8-32-9-10-33-14-20(27)23-5-7-35-38(30,31)36-13-18(37-17(4)26)12-34-16(3)25/h15,18-19H,5-14H2,1-4H3,(H,23,27)(H,30,31)/p-1/t18-,19?/m1/s1. The van der Waals surface area contributed by atoms with E-state index < -0.39 is 51.6 Å². The molecule has 224 valence electrons. The highest BCUT2D eigenvalue weighted by atomic mass is 32.2. The fourth-order valence-corrected chi connectivity index (χ4v) is 4.91. The number of nitrogens with zero attached hydrogens (tertiary/aromatic N) is 1. The first kappa shape index (κ1) is 35.0. The lowest BCUT2D eigenvalue weighted by molar-refractivity contribution is -0.228. The van der Waals surface area contributed by atoms with Crippen LogP contribution in [0.2, 0.25) is 0 Å². The summed E-state index contributed by atoms with van der Waals surface area (Å²) in [5, 5.41) is 2.28. The highest BCUT2D eigenvalue weighted by Crippen LogP contribution is 2.38. The summed E-state index contributed by atoms with van der Waals surface area (Å²) in [4.78, 5) is 71.0. The second kappa shape index (κ2) is 18.3. The number of hydrogen-bond donors (Lipinski definition) is 1. The van der Waals surface area contributed by atoms with E-state index in [1.165, 1.54) is 16.7 Å². The number of hydrogen-bond acceptors (Lipinski definition) is 14. The molecular formula is C22H36N2O13PS-. The summed E-state index contributed by atoms with van der Waals surface area (Å²) >= 11 is 1.46. The van der Waals surface area contributed by atoms with Crippen LogP contribution in [-0.4, -0.2) is 111 Å². The molecule has 1 aliphatic heterocycles. The number of likely N-dealkylation sites (tertiary alicyclic amines) is 1. The first-order valence-corrected chi connectivity index (χ1v) is 14.5. The number of ether oxygens (including phenoxy) is 4. The molecule has 2 unspecified atom stereocenters. The van der Waals surface area contributed by atoms with Crippen molar-refractivity contribution in [1.82, 2.24) is 10.2 Å². The van der Waals surface area contributed by atoms with Crippen molar-refractivity contribution >= 4 is 49.2 Å². The van der Waals surface area contributed by atoms with E-state index >= 15 is 0 Å². The van der Waals surface area contributed by atoms with Crippen molar-refractivity contribution in [2.75, 3.05) is 59.3 Å². The second-order valence-electron chi connectivity index (χ2n) is 8.39. The number of phosphoric acid groups is 1. The lowest BCUT2D eigenvalue weighted by Gasteiger charge is -2.25. The van der Waals surface area contributed by atoms with E-state index in [4.69, 9.17) is 14.2 Å². The highest BCUT2D eigenvalue weighted by Gasteiger charge is 2.38. The molecule has 0 aromatic heterocycles. The van der Waals surface area contributed by atoms with Crippen molar-refractivity contribution in [2.45, 2.75) is 50.7 Å². The Morgan fingerprint density at radius 3 is 2.38 bits per heavy atom. The molecule has 0 bridgehead atoms. The zero-order valence-electron chi connectivity index (χ0n) is 22.4. The van der Waals surface area contributed by atoms with Crippen LogP contribution in [0.1, 0.15) is 34.1 Å². The van der Waals surface area contributed by atoms with Crippen LogP contribution in [0, 0.1) is 0 Å². The molecule has 0 radical (unpaired) electrons. The van der Waals surface area contributed by atoms with E-state index in [0.29, 0.717) is 0 Å². The van der Waals surface area contributed by atoms with E-state index in [2.05, 4.69) is 19.1 Å². The quantitative estimate of drug-likeness (QED) is 0.0806. The normalized spacial score (nSPS) is 17.7. The maximum absolute atomic E-state index is 12.3. The highest BCUT2D eigenvalue weighted by molar-refractivity contribution is 8.01. The predicted molar refractivity (Wildman–Crippen MR) is 134 cm³/mol. The van der Waals surface area contributed by atoms with Gasteiger partial charge < -0.3 is 38.2 Å². The summed E-state index contributed by atoms with van der Waals surface area (Å²) in [6.45, 7) is 4.74. The first-order valence-electron chi connectivity index (χ1n) is 12.1. The lowest BCUT2D eigenvalue weighted by Crippen LogP contribution is -2.34. The van der Waals surface area contributed by atoms with Crippen LogP contribution < -0.4 is 10.2 Å². The maximum Gasteiger partial charge on any atom is 0.303 e. The third kappa shape index (κ3) is 15.9. The van der Waals surface area contributed by atoms with Crippen LogP contribution in [0.15, 0.2) is 0 Å². The Labute approximate surface area is 231 Å². The van der Waals surface area contributed by atoms with E-state index in [0.717, 1.165) is 13.8 Å². The Bertz CT molecular complexity index is 888. The molecule has 1 heterocycles. The molecule has 0 saturated carbocycles. The van der Waals surface area contributed by atoms with Crippen LogP contribution in [0.4, 0.5) is 0 Å². The van der Waals surface area contributed by atoms with Gasteiger partial charge in [-0.3, -0.25) is 33.4 Å². The number of thioether (sulfide) groups is 1. The monoisotopic (exact) mass is 599 g/mol. The van der Waals surface area contributed by atoms with Crippen LogP contribution in [-0.2, 0) is 56.5 Å². The average molecular weight is 600 g/mol. The van der Waals surface area contributed by atoms with Gasteiger partial charge in [0.05, 0.1) is 44.8 Å². The van der Waals surface area contributed by atoms with Gasteiger partial charge in [0.15, 0.2) is 6.10 Å². The summed E-state index contributed by atoms with van der Waals surface area (Å²) in [6.07, 6.45) is -0.956. The SMILES string of the molecule is CC(=O)OC[C@H](COP(=O)([O-])OCCNC(=O)COCCOCCN1C(=O)CC(SC(C)C)C1=O)OC(C)=O. The molecular weight excluding hydrogens is 563 g/mol. The first-order chi connectivity index (χ1) is 18.3. The Hall–Kier alpha value is -2.07. The summed E-state index contributed by atoms with van der Waals surface area (Å²) in [6, 6.07) is 0. The van der Waals surface area contributed by atoms with E-state index in [-0.39, 0.29) is 68.3 Å². The van der Waals surface area contributed by atoms with Gasteiger partial charge in [-0.05, 0) is 5.25 Å².